The van der Waals surface area contributed by atoms with E-state index in [1.165, 1.54) is 7.11 Å². The van der Waals surface area contributed by atoms with Gasteiger partial charge in [-0.1, -0.05) is 0 Å². The van der Waals surface area contributed by atoms with Crippen LogP contribution in [0.2, 0.25) is 0 Å². The molecule has 0 aliphatic carbocycles. The first-order valence-corrected chi connectivity index (χ1v) is 6.95. The monoisotopic (exact) mass is 286 g/mol. The van der Waals surface area contributed by atoms with Crippen LogP contribution in [-0.4, -0.2) is 83.9 Å². The number of likely N-dealkylation sites (tertiary alicyclic amines) is 2. The number of hydrogen-bond donors (Lipinski definition) is 2. The van der Waals surface area contributed by atoms with Crippen LogP contribution >= 0.6 is 0 Å². The molecule has 2 aliphatic heterocycles. The summed E-state index contributed by atoms with van der Waals surface area (Å²) in [6.07, 6.45) is -0.284. The van der Waals surface area contributed by atoms with Gasteiger partial charge in [-0.05, 0) is 12.8 Å². The summed E-state index contributed by atoms with van der Waals surface area (Å²) in [6, 6.07) is 0. The first-order chi connectivity index (χ1) is 9.51. The van der Waals surface area contributed by atoms with Gasteiger partial charge in [0.05, 0.1) is 31.8 Å². The maximum absolute atomic E-state index is 12.1. The SMILES string of the molecule is COC(=O)C1CCN(C(=O)CN2CC(O)C(O)C2)CC1. The van der Waals surface area contributed by atoms with Crippen LogP contribution < -0.4 is 0 Å². The lowest BCUT2D eigenvalue weighted by Gasteiger charge is -2.31. The molecule has 20 heavy (non-hydrogen) atoms. The molecule has 2 heterocycles. The second kappa shape index (κ2) is 6.51. The molecule has 0 aromatic rings. The third kappa shape index (κ3) is 3.47. The number of methoxy groups -OCH3 is 1. The summed E-state index contributed by atoms with van der Waals surface area (Å²) in [5, 5.41) is 18.9. The molecule has 2 aliphatic rings. The van der Waals surface area contributed by atoms with Gasteiger partial charge in [0.15, 0.2) is 0 Å². The molecule has 2 N–H and O–H groups in total. The average molecular weight is 286 g/mol. The summed E-state index contributed by atoms with van der Waals surface area (Å²) < 4.78 is 4.71. The lowest BCUT2D eigenvalue weighted by Crippen LogP contribution is -2.45. The number of ether oxygens (including phenoxy) is 1. The zero-order valence-electron chi connectivity index (χ0n) is 11.7. The van der Waals surface area contributed by atoms with E-state index in [1.54, 1.807) is 9.80 Å². The molecule has 0 aromatic heterocycles. The molecule has 2 saturated heterocycles. The zero-order chi connectivity index (χ0) is 14.7. The van der Waals surface area contributed by atoms with Crippen LogP contribution in [0.4, 0.5) is 0 Å². The van der Waals surface area contributed by atoms with Gasteiger partial charge < -0.3 is 19.8 Å². The Morgan fingerprint density at radius 2 is 1.70 bits per heavy atom. The molecule has 7 nitrogen and oxygen atoms in total. The highest BCUT2D eigenvalue weighted by Gasteiger charge is 2.33. The normalized spacial score (nSPS) is 28.6. The van der Waals surface area contributed by atoms with Crippen molar-refractivity contribution >= 4 is 11.9 Å². The lowest BCUT2D eigenvalue weighted by atomic mass is 9.97. The summed E-state index contributed by atoms with van der Waals surface area (Å²) in [4.78, 5) is 27.0. The van der Waals surface area contributed by atoms with Crippen LogP contribution in [-0.2, 0) is 14.3 Å². The number of amides is 1. The van der Waals surface area contributed by atoms with E-state index >= 15 is 0 Å². The Balaban J connectivity index is 1.76. The number of carbonyl (C=O) groups excluding carboxylic acids is 2. The molecule has 0 radical (unpaired) electrons. The predicted octanol–water partition coefficient (Wildman–Crippen LogP) is -1.56. The van der Waals surface area contributed by atoms with Crippen molar-refractivity contribution in [1.29, 1.82) is 0 Å². The lowest BCUT2D eigenvalue weighted by molar-refractivity contribution is -0.149. The van der Waals surface area contributed by atoms with Crippen LogP contribution in [0.25, 0.3) is 0 Å². The standard InChI is InChI=1S/C13H22N2O5/c1-20-13(19)9-2-4-15(5-3-9)12(18)8-14-6-10(16)11(17)7-14/h9-11,16-17H,2-8H2,1H3. The number of aliphatic hydroxyl groups is 2. The molecule has 2 fully saturated rings. The highest BCUT2D eigenvalue weighted by molar-refractivity contribution is 5.79. The quantitative estimate of drug-likeness (QED) is 0.610. The number of piperidine rings is 1. The fourth-order valence-corrected chi connectivity index (χ4v) is 2.80. The topological polar surface area (TPSA) is 90.3 Å². The van der Waals surface area contributed by atoms with Crippen molar-refractivity contribution in [3.63, 3.8) is 0 Å². The van der Waals surface area contributed by atoms with E-state index in [0.717, 1.165) is 0 Å². The number of carbonyl (C=O) groups is 2. The van der Waals surface area contributed by atoms with Crippen molar-refractivity contribution in [2.24, 2.45) is 5.92 Å². The van der Waals surface area contributed by atoms with Crippen LogP contribution in [0.5, 0.6) is 0 Å². The van der Waals surface area contributed by atoms with Gasteiger partial charge in [0, 0.05) is 26.2 Å². The molecular formula is C13H22N2O5. The molecular weight excluding hydrogens is 264 g/mol. The number of β-amino-alcohol motifs (C(OH)–C–C–N with tert-alkyl or cyclic N) is 2. The van der Waals surface area contributed by atoms with Gasteiger partial charge in [0.1, 0.15) is 0 Å². The molecule has 0 saturated carbocycles. The Kier molecular flexibility index (Phi) is 4.95. The van der Waals surface area contributed by atoms with Crippen LogP contribution in [0.1, 0.15) is 12.8 Å². The first kappa shape index (κ1) is 15.2. The Bertz CT molecular complexity index is 358. The molecule has 7 heteroatoms. The van der Waals surface area contributed by atoms with E-state index in [0.29, 0.717) is 39.0 Å². The van der Waals surface area contributed by atoms with Crippen molar-refractivity contribution < 1.29 is 24.5 Å². The molecule has 2 rings (SSSR count). The van der Waals surface area contributed by atoms with Gasteiger partial charge in [-0.3, -0.25) is 14.5 Å². The third-order valence-corrected chi connectivity index (χ3v) is 4.08. The number of hydrogen-bond acceptors (Lipinski definition) is 6. The van der Waals surface area contributed by atoms with Crippen molar-refractivity contribution in [3.05, 3.63) is 0 Å². The second-order valence-electron chi connectivity index (χ2n) is 5.51. The van der Waals surface area contributed by atoms with Crippen molar-refractivity contribution in [2.45, 2.75) is 25.0 Å². The first-order valence-electron chi connectivity index (χ1n) is 6.95. The summed E-state index contributed by atoms with van der Waals surface area (Å²) >= 11 is 0. The summed E-state index contributed by atoms with van der Waals surface area (Å²) in [7, 11) is 1.38. The van der Waals surface area contributed by atoms with Crippen LogP contribution in [0, 0.1) is 5.92 Å². The van der Waals surface area contributed by atoms with Crippen molar-refractivity contribution in [2.75, 3.05) is 39.8 Å². The summed E-state index contributed by atoms with van der Waals surface area (Å²) in [6.45, 7) is 1.96. The Morgan fingerprint density at radius 1 is 1.15 bits per heavy atom. The largest absolute Gasteiger partial charge is 0.469 e. The van der Waals surface area contributed by atoms with Gasteiger partial charge in [-0.2, -0.15) is 0 Å². The van der Waals surface area contributed by atoms with Crippen molar-refractivity contribution in [3.8, 4) is 0 Å². The van der Waals surface area contributed by atoms with Gasteiger partial charge >= 0.3 is 5.97 Å². The molecule has 2 unspecified atom stereocenters. The van der Waals surface area contributed by atoms with E-state index in [9.17, 15) is 19.8 Å². The number of nitrogens with zero attached hydrogens (tertiary/aromatic N) is 2. The number of rotatable bonds is 3. The Morgan fingerprint density at radius 3 is 2.20 bits per heavy atom. The highest BCUT2D eigenvalue weighted by Crippen LogP contribution is 2.19. The number of esters is 1. The van der Waals surface area contributed by atoms with Crippen LogP contribution in [0.3, 0.4) is 0 Å². The summed E-state index contributed by atoms with van der Waals surface area (Å²) in [5.74, 6) is -0.336. The molecule has 0 bridgehead atoms. The predicted molar refractivity (Wildman–Crippen MR) is 69.8 cm³/mol. The Hall–Kier alpha value is -1.18. The highest BCUT2D eigenvalue weighted by atomic mass is 16.5. The molecule has 2 atom stereocenters. The smallest absolute Gasteiger partial charge is 0.308 e. The van der Waals surface area contributed by atoms with Gasteiger partial charge in [0.2, 0.25) is 5.91 Å². The third-order valence-electron chi connectivity index (χ3n) is 4.08. The van der Waals surface area contributed by atoms with Gasteiger partial charge in [-0.25, -0.2) is 0 Å². The molecule has 0 spiro atoms. The Labute approximate surface area is 118 Å². The fraction of sp³-hybridized carbons (Fsp3) is 0.846. The van der Waals surface area contributed by atoms with Crippen LogP contribution in [0.15, 0.2) is 0 Å². The van der Waals surface area contributed by atoms with E-state index < -0.39 is 12.2 Å². The van der Waals surface area contributed by atoms with E-state index in [2.05, 4.69) is 0 Å². The maximum atomic E-state index is 12.1. The minimum Gasteiger partial charge on any atom is -0.469 e. The van der Waals surface area contributed by atoms with E-state index in [-0.39, 0.29) is 24.3 Å². The maximum Gasteiger partial charge on any atom is 0.308 e. The minimum atomic E-state index is -0.770. The van der Waals surface area contributed by atoms with Gasteiger partial charge in [-0.15, -0.1) is 0 Å². The minimum absolute atomic E-state index is 0.0189. The van der Waals surface area contributed by atoms with Gasteiger partial charge in [0.25, 0.3) is 0 Å². The number of aliphatic hydroxyl groups excluding tert-OH is 2. The average Bonchev–Trinajstić information content (AvgIpc) is 2.76. The molecule has 114 valence electrons. The van der Waals surface area contributed by atoms with E-state index in [1.807, 2.05) is 0 Å². The molecule has 1 amide bonds. The summed E-state index contributed by atoms with van der Waals surface area (Å²) in [5.41, 5.74) is 0. The molecule has 0 aromatic carbocycles. The fourth-order valence-electron chi connectivity index (χ4n) is 2.80. The second-order valence-corrected chi connectivity index (χ2v) is 5.51. The van der Waals surface area contributed by atoms with E-state index in [4.69, 9.17) is 4.74 Å². The zero-order valence-corrected chi connectivity index (χ0v) is 11.7. The van der Waals surface area contributed by atoms with Crippen molar-refractivity contribution in [1.82, 2.24) is 9.80 Å².